The number of rotatable bonds is 4. The Balaban J connectivity index is 2.19. The molecular formula is C14H17NO8. The van der Waals surface area contributed by atoms with E-state index < -0.39 is 49.1 Å². The van der Waals surface area contributed by atoms with Crippen molar-refractivity contribution >= 4 is 11.9 Å². The average Bonchev–Trinajstić information content (AvgIpc) is 2.54. The number of carboxylic acids is 1. The van der Waals surface area contributed by atoms with Crippen LogP contribution in [0.4, 0.5) is 0 Å². The quantitative estimate of drug-likeness (QED) is 0.368. The molecule has 1 aliphatic rings. The Bertz CT molecular complexity index is 592. The van der Waals surface area contributed by atoms with Crippen LogP contribution in [0.2, 0.25) is 0 Å². The van der Waals surface area contributed by atoms with Gasteiger partial charge in [0, 0.05) is 0 Å². The highest BCUT2D eigenvalue weighted by molar-refractivity contribution is 6.04. The summed E-state index contributed by atoms with van der Waals surface area (Å²) in [6.07, 6.45) is -5.99. The molecule has 6 N–H and O–H groups in total. The number of aliphatic hydroxyl groups excluding tert-OH is 4. The monoisotopic (exact) mass is 327 g/mol. The first-order valence-corrected chi connectivity index (χ1v) is 6.80. The molecule has 0 spiro atoms. The van der Waals surface area contributed by atoms with Crippen molar-refractivity contribution in [3.8, 4) is 0 Å². The van der Waals surface area contributed by atoms with Crippen molar-refractivity contribution in [1.82, 2.24) is 5.32 Å². The number of aromatic carboxylic acids is 1. The van der Waals surface area contributed by atoms with E-state index in [2.05, 4.69) is 5.32 Å². The molecule has 0 saturated carbocycles. The van der Waals surface area contributed by atoms with Crippen LogP contribution in [0.3, 0.4) is 0 Å². The summed E-state index contributed by atoms with van der Waals surface area (Å²) in [6.45, 7) is -0.627. The van der Waals surface area contributed by atoms with E-state index in [9.17, 15) is 24.9 Å². The molecule has 0 aromatic heterocycles. The van der Waals surface area contributed by atoms with Crippen LogP contribution < -0.4 is 5.32 Å². The molecule has 0 unspecified atom stereocenters. The van der Waals surface area contributed by atoms with Gasteiger partial charge in [0.2, 0.25) is 0 Å². The first kappa shape index (κ1) is 17.3. The number of ether oxygens (including phenoxy) is 1. The lowest BCUT2D eigenvalue weighted by atomic mass is 9.96. The summed E-state index contributed by atoms with van der Waals surface area (Å²) in [6, 6.07) is 4.03. The van der Waals surface area contributed by atoms with Crippen LogP contribution in [-0.2, 0) is 4.74 Å². The molecule has 9 heteroatoms. The number of carbonyl (C=O) groups is 2. The largest absolute Gasteiger partial charge is 0.478 e. The number of carbonyl (C=O) groups excluding carboxylic acids is 1. The van der Waals surface area contributed by atoms with E-state index in [0.29, 0.717) is 0 Å². The van der Waals surface area contributed by atoms with Crippen LogP contribution in [0.5, 0.6) is 0 Å². The van der Waals surface area contributed by atoms with Crippen molar-refractivity contribution in [2.75, 3.05) is 6.61 Å². The van der Waals surface area contributed by atoms with Crippen molar-refractivity contribution in [1.29, 1.82) is 0 Å². The van der Waals surface area contributed by atoms with Crippen LogP contribution in [0.1, 0.15) is 20.7 Å². The van der Waals surface area contributed by atoms with Crippen molar-refractivity contribution in [3.05, 3.63) is 35.4 Å². The summed E-state index contributed by atoms with van der Waals surface area (Å²) in [4.78, 5) is 23.3. The van der Waals surface area contributed by atoms with Gasteiger partial charge >= 0.3 is 5.97 Å². The molecule has 1 amide bonds. The Morgan fingerprint density at radius 2 is 1.70 bits per heavy atom. The van der Waals surface area contributed by atoms with E-state index in [0.717, 1.165) is 0 Å². The van der Waals surface area contributed by atoms with Crippen molar-refractivity contribution in [2.45, 2.75) is 30.6 Å². The van der Waals surface area contributed by atoms with Crippen molar-refractivity contribution in [3.63, 3.8) is 0 Å². The molecule has 1 aromatic carbocycles. The standard InChI is InChI=1S/C14H17NO8/c16-5-8-10(17)11(18)9(14(22)23-8)15-12(19)6-3-1-2-4-7(6)13(20)21/h1-4,8-11,14,16-18,22H,5H2,(H,15,19)(H,20,21)/t8-,9-,10-,11-,14+/m1/s1. The smallest absolute Gasteiger partial charge is 0.336 e. The lowest BCUT2D eigenvalue weighted by Gasteiger charge is -2.40. The third-order valence-corrected chi connectivity index (χ3v) is 3.60. The number of carboxylic acid groups (broad SMARTS) is 1. The number of benzene rings is 1. The van der Waals surface area contributed by atoms with Gasteiger partial charge in [-0.2, -0.15) is 0 Å². The second-order valence-corrected chi connectivity index (χ2v) is 5.08. The lowest BCUT2D eigenvalue weighted by Crippen LogP contribution is -2.64. The number of aliphatic hydroxyl groups is 4. The number of nitrogens with one attached hydrogen (secondary N) is 1. The predicted octanol–water partition coefficient (Wildman–Crippen LogP) is -2.09. The van der Waals surface area contributed by atoms with E-state index in [1.807, 2.05) is 0 Å². The molecule has 5 atom stereocenters. The third-order valence-electron chi connectivity index (χ3n) is 3.60. The fourth-order valence-corrected chi connectivity index (χ4v) is 2.35. The van der Waals surface area contributed by atoms with Gasteiger partial charge in [0.1, 0.15) is 24.4 Å². The number of hydrogen-bond acceptors (Lipinski definition) is 7. The Labute approximate surface area is 130 Å². The van der Waals surface area contributed by atoms with E-state index in [1.165, 1.54) is 24.3 Å². The highest BCUT2D eigenvalue weighted by atomic mass is 16.6. The fourth-order valence-electron chi connectivity index (χ4n) is 2.35. The summed E-state index contributed by atoms with van der Waals surface area (Å²) >= 11 is 0. The molecule has 1 fully saturated rings. The maximum atomic E-state index is 12.2. The zero-order chi connectivity index (χ0) is 17.1. The SMILES string of the molecule is O=C(O)c1ccccc1C(=O)N[C@@H]1[C@@H](O)[C@H](O)[C@@H](CO)O[C@@H]1O. The second kappa shape index (κ2) is 7.02. The van der Waals surface area contributed by atoms with E-state index >= 15 is 0 Å². The molecule has 23 heavy (non-hydrogen) atoms. The van der Waals surface area contributed by atoms with Gasteiger partial charge in [-0.1, -0.05) is 12.1 Å². The lowest BCUT2D eigenvalue weighted by molar-refractivity contribution is -0.252. The molecule has 1 saturated heterocycles. The number of amides is 1. The maximum absolute atomic E-state index is 12.2. The highest BCUT2D eigenvalue weighted by Gasteiger charge is 2.44. The average molecular weight is 327 g/mol. The second-order valence-electron chi connectivity index (χ2n) is 5.08. The summed E-state index contributed by atoms with van der Waals surface area (Å²) in [5.74, 6) is -2.17. The van der Waals surface area contributed by atoms with Crippen LogP contribution in [0.25, 0.3) is 0 Å². The van der Waals surface area contributed by atoms with Gasteiger partial charge in [-0.3, -0.25) is 4.79 Å². The zero-order valence-electron chi connectivity index (χ0n) is 11.9. The van der Waals surface area contributed by atoms with Gasteiger partial charge in [-0.15, -0.1) is 0 Å². The van der Waals surface area contributed by atoms with E-state index in [1.54, 1.807) is 0 Å². The summed E-state index contributed by atoms with van der Waals surface area (Å²) in [5, 5.41) is 49.8. The molecule has 0 aliphatic carbocycles. The maximum Gasteiger partial charge on any atom is 0.336 e. The van der Waals surface area contributed by atoms with Gasteiger partial charge in [0.15, 0.2) is 6.29 Å². The van der Waals surface area contributed by atoms with Crippen LogP contribution in [0, 0.1) is 0 Å². The highest BCUT2D eigenvalue weighted by Crippen LogP contribution is 2.20. The Kier molecular flexibility index (Phi) is 5.29. The minimum Gasteiger partial charge on any atom is -0.478 e. The molecule has 2 rings (SSSR count). The molecule has 126 valence electrons. The van der Waals surface area contributed by atoms with E-state index in [4.69, 9.17) is 14.9 Å². The van der Waals surface area contributed by atoms with E-state index in [-0.39, 0.29) is 11.1 Å². The Morgan fingerprint density at radius 3 is 2.26 bits per heavy atom. The summed E-state index contributed by atoms with van der Waals surface area (Å²) in [5.41, 5.74) is -0.419. The molecule has 1 aromatic rings. The van der Waals surface area contributed by atoms with Gasteiger partial charge in [0.25, 0.3) is 5.91 Å². The summed E-state index contributed by atoms with van der Waals surface area (Å²) in [7, 11) is 0. The van der Waals surface area contributed by atoms with Gasteiger partial charge in [-0.25, -0.2) is 4.79 Å². The van der Waals surface area contributed by atoms with Crippen molar-refractivity contribution < 1.29 is 39.9 Å². The molecule has 1 aliphatic heterocycles. The minimum atomic E-state index is -1.67. The molecule has 9 nitrogen and oxygen atoms in total. The topological polar surface area (TPSA) is 157 Å². The molecular weight excluding hydrogens is 310 g/mol. The number of hydrogen-bond donors (Lipinski definition) is 6. The predicted molar refractivity (Wildman–Crippen MR) is 74.6 cm³/mol. The van der Waals surface area contributed by atoms with Gasteiger partial charge in [0.05, 0.1) is 17.7 Å². The normalized spacial score (nSPS) is 30.7. The molecule has 0 bridgehead atoms. The molecule has 0 radical (unpaired) electrons. The summed E-state index contributed by atoms with van der Waals surface area (Å²) < 4.78 is 4.91. The zero-order valence-corrected chi connectivity index (χ0v) is 11.9. The van der Waals surface area contributed by atoms with Crippen molar-refractivity contribution in [2.24, 2.45) is 0 Å². The minimum absolute atomic E-state index is 0.168. The Morgan fingerprint density at radius 1 is 1.09 bits per heavy atom. The van der Waals surface area contributed by atoms with Crippen LogP contribution >= 0.6 is 0 Å². The first-order chi connectivity index (χ1) is 10.9. The van der Waals surface area contributed by atoms with Gasteiger partial charge in [-0.05, 0) is 12.1 Å². The fraction of sp³-hybridized carbons (Fsp3) is 0.429. The Hall–Kier alpha value is -2.04. The van der Waals surface area contributed by atoms with Crippen LogP contribution in [0.15, 0.2) is 24.3 Å². The van der Waals surface area contributed by atoms with Gasteiger partial charge < -0.3 is 35.6 Å². The first-order valence-electron chi connectivity index (χ1n) is 6.80. The molecule has 1 heterocycles. The third kappa shape index (κ3) is 3.49. The van der Waals surface area contributed by atoms with Crippen LogP contribution in [-0.4, -0.2) is 74.7 Å².